The van der Waals surface area contributed by atoms with Crippen LogP contribution in [0, 0.1) is 0 Å². The van der Waals surface area contributed by atoms with Gasteiger partial charge in [0, 0.05) is 5.56 Å². The molecule has 94 valence electrons. The Hall–Kier alpha value is -1.31. The molecule has 0 radical (unpaired) electrons. The van der Waals surface area contributed by atoms with Crippen molar-refractivity contribution in [2.45, 2.75) is 46.5 Å². The number of ether oxygens (including phenoxy) is 1. The van der Waals surface area contributed by atoms with Crippen LogP contribution in [0.1, 0.15) is 67.9 Å². The van der Waals surface area contributed by atoms with Crippen molar-refractivity contribution in [2.75, 3.05) is 6.61 Å². The third-order valence-electron chi connectivity index (χ3n) is 2.84. The molecule has 0 heterocycles. The zero-order chi connectivity index (χ0) is 13.0. The summed E-state index contributed by atoms with van der Waals surface area (Å²) in [6.07, 6.45) is 0.910. The Labute approximate surface area is 104 Å². The normalized spacial score (nSPS) is 11.0. The van der Waals surface area contributed by atoms with Crippen molar-refractivity contribution in [3.8, 4) is 5.75 Å². The molecule has 0 N–H and O–H groups in total. The van der Waals surface area contributed by atoms with Gasteiger partial charge in [0.25, 0.3) is 0 Å². The van der Waals surface area contributed by atoms with Crippen molar-refractivity contribution >= 4 is 6.29 Å². The molecule has 0 spiro atoms. The molecule has 0 aliphatic rings. The highest BCUT2D eigenvalue weighted by molar-refractivity contribution is 5.77. The molecule has 1 aromatic rings. The van der Waals surface area contributed by atoms with Crippen LogP contribution >= 0.6 is 0 Å². The van der Waals surface area contributed by atoms with Crippen LogP contribution in [0.15, 0.2) is 12.1 Å². The second-order valence-electron chi connectivity index (χ2n) is 4.89. The Morgan fingerprint density at radius 1 is 1.12 bits per heavy atom. The summed E-state index contributed by atoms with van der Waals surface area (Å²) >= 11 is 0. The second kappa shape index (κ2) is 5.85. The molecule has 0 saturated carbocycles. The van der Waals surface area contributed by atoms with Gasteiger partial charge in [-0.05, 0) is 42.0 Å². The first kappa shape index (κ1) is 13.8. The van der Waals surface area contributed by atoms with E-state index in [1.807, 2.05) is 19.1 Å². The number of benzene rings is 1. The molecule has 0 saturated heterocycles. The van der Waals surface area contributed by atoms with Crippen molar-refractivity contribution in [1.29, 1.82) is 0 Å². The van der Waals surface area contributed by atoms with E-state index in [2.05, 4.69) is 27.7 Å². The molecule has 17 heavy (non-hydrogen) atoms. The van der Waals surface area contributed by atoms with E-state index in [1.165, 1.54) is 0 Å². The smallest absolute Gasteiger partial charge is 0.150 e. The summed E-state index contributed by atoms with van der Waals surface area (Å²) in [6.45, 7) is 11.1. The SMILES string of the molecule is CCOc1c(C(C)C)cc(C=O)cc1C(C)C. The Balaban J connectivity index is 3.43. The first-order chi connectivity index (χ1) is 8.01. The van der Waals surface area contributed by atoms with Gasteiger partial charge in [-0.15, -0.1) is 0 Å². The van der Waals surface area contributed by atoms with Crippen molar-refractivity contribution in [3.63, 3.8) is 0 Å². The van der Waals surface area contributed by atoms with Gasteiger partial charge in [-0.3, -0.25) is 4.79 Å². The minimum Gasteiger partial charge on any atom is -0.493 e. The number of rotatable bonds is 5. The summed E-state index contributed by atoms with van der Waals surface area (Å²) in [6, 6.07) is 3.88. The molecule has 0 unspecified atom stereocenters. The lowest BCUT2D eigenvalue weighted by Gasteiger charge is -2.20. The van der Waals surface area contributed by atoms with Gasteiger partial charge >= 0.3 is 0 Å². The fourth-order valence-electron chi connectivity index (χ4n) is 1.94. The van der Waals surface area contributed by atoms with Gasteiger partial charge < -0.3 is 4.74 Å². The lowest BCUT2D eigenvalue weighted by Crippen LogP contribution is -2.05. The molecule has 0 fully saturated rings. The van der Waals surface area contributed by atoms with Crippen LogP contribution in [-0.4, -0.2) is 12.9 Å². The van der Waals surface area contributed by atoms with E-state index in [9.17, 15) is 4.79 Å². The van der Waals surface area contributed by atoms with Crippen molar-refractivity contribution in [2.24, 2.45) is 0 Å². The maximum absolute atomic E-state index is 11.0. The molecule has 0 amide bonds. The van der Waals surface area contributed by atoms with Gasteiger partial charge in [0.1, 0.15) is 12.0 Å². The molecule has 1 rings (SSSR count). The van der Waals surface area contributed by atoms with Crippen LogP contribution in [0.3, 0.4) is 0 Å². The summed E-state index contributed by atoms with van der Waals surface area (Å²) in [7, 11) is 0. The number of aldehydes is 1. The molecule has 0 aromatic heterocycles. The first-order valence-corrected chi connectivity index (χ1v) is 6.27. The van der Waals surface area contributed by atoms with Crippen molar-refractivity contribution < 1.29 is 9.53 Å². The predicted molar refractivity (Wildman–Crippen MR) is 71.2 cm³/mol. The average Bonchev–Trinajstić information content (AvgIpc) is 2.28. The zero-order valence-electron chi connectivity index (χ0n) is 11.4. The van der Waals surface area contributed by atoms with Gasteiger partial charge in [-0.1, -0.05) is 27.7 Å². The summed E-state index contributed by atoms with van der Waals surface area (Å²) < 4.78 is 5.77. The van der Waals surface area contributed by atoms with Crippen LogP contribution in [-0.2, 0) is 0 Å². The fourth-order valence-corrected chi connectivity index (χ4v) is 1.94. The largest absolute Gasteiger partial charge is 0.493 e. The number of hydrogen-bond acceptors (Lipinski definition) is 2. The Morgan fingerprint density at radius 2 is 1.59 bits per heavy atom. The fraction of sp³-hybridized carbons (Fsp3) is 0.533. The molecule has 0 aliphatic carbocycles. The highest BCUT2D eigenvalue weighted by atomic mass is 16.5. The second-order valence-corrected chi connectivity index (χ2v) is 4.89. The third-order valence-corrected chi connectivity index (χ3v) is 2.84. The minimum atomic E-state index is 0.356. The Kier molecular flexibility index (Phi) is 4.73. The Morgan fingerprint density at radius 3 is 1.88 bits per heavy atom. The average molecular weight is 234 g/mol. The summed E-state index contributed by atoms with van der Waals surface area (Å²) in [5, 5.41) is 0. The standard InChI is InChI=1S/C15H22O2/c1-6-17-15-13(10(2)3)7-12(9-16)8-14(15)11(4)5/h7-11H,6H2,1-5H3. The van der Waals surface area contributed by atoms with Crippen LogP contribution < -0.4 is 4.74 Å². The zero-order valence-corrected chi connectivity index (χ0v) is 11.4. The molecule has 1 aromatic carbocycles. The number of carbonyl (C=O) groups is 1. The topological polar surface area (TPSA) is 26.3 Å². The van der Waals surface area contributed by atoms with Gasteiger partial charge in [0.2, 0.25) is 0 Å². The molecular weight excluding hydrogens is 212 g/mol. The lowest BCUT2D eigenvalue weighted by molar-refractivity contribution is 0.112. The van der Waals surface area contributed by atoms with Gasteiger partial charge in [0.15, 0.2) is 0 Å². The van der Waals surface area contributed by atoms with Crippen LogP contribution in [0.2, 0.25) is 0 Å². The summed E-state index contributed by atoms with van der Waals surface area (Å²) in [5.41, 5.74) is 2.99. The van der Waals surface area contributed by atoms with Gasteiger partial charge in [-0.2, -0.15) is 0 Å². The molecule has 0 aliphatic heterocycles. The summed E-state index contributed by atoms with van der Waals surface area (Å²) in [5.74, 6) is 1.67. The third kappa shape index (κ3) is 3.09. The van der Waals surface area contributed by atoms with Gasteiger partial charge in [0.05, 0.1) is 6.61 Å². The Bertz CT molecular complexity index is 363. The first-order valence-electron chi connectivity index (χ1n) is 6.27. The molecule has 2 heteroatoms. The van der Waals surface area contributed by atoms with E-state index >= 15 is 0 Å². The summed E-state index contributed by atoms with van der Waals surface area (Å²) in [4.78, 5) is 11.0. The van der Waals surface area contributed by atoms with E-state index in [0.29, 0.717) is 18.4 Å². The number of carbonyl (C=O) groups excluding carboxylic acids is 1. The molecule has 2 nitrogen and oxygen atoms in total. The monoisotopic (exact) mass is 234 g/mol. The predicted octanol–water partition coefficient (Wildman–Crippen LogP) is 4.14. The quantitative estimate of drug-likeness (QED) is 0.715. The van der Waals surface area contributed by atoms with Crippen LogP contribution in [0.25, 0.3) is 0 Å². The highest BCUT2D eigenvalue weighted by Crippen LogP contribution is 2.35. The van der Waals surface area contributed by atoms with E-state index in [4.69, 9.17) is 4.74 Å². The highest BCUT2D eigenvalue weighted by Gasteiger charge is 2.16. The molecular formula is C15H22O2. The van der Waals surface area contributed by atoms with E-state index < -0.39 is 0 Å². The lowest BCUT2D eigenvalue weighted by atomic mass is 9.91. The van der Waals surface area contributed by atoms with Gasteiger partial charge in [-0.25, -0.2) is 0 Å². The minimum absolute atomic E-state index is 0.356. The van der Waals surface area contributed by atoms with E-state index in [0.717, 1.165) is 28.7 Å². The van der Waals surface area contributed by atoms with E-state index in [1.54, 1.807) is 0 Å². The molecule has 0 atom stereocenters. The number of hydrogen-bond donors (Lipinski definition) is 0. The maximum atomic E-state index is 11.0. The van der Waals surface area contributed by atoms with E-state index in [-0.39, 0.29) is 0 Å². The van der Waals surface area contributed by atoms with Crippen molar-refractivity contribution in [3.05, 3.63) is 28.8 Å². The maximum Gasteiger partial charge on any atom is 0.150 e. The van der Waals surface area contributed by atoms with Crippen LogP contribution in [0.4, 0.5) is 0 Å². The molecule has 0 bridgehead atoms. The van der Waals surface area contributed by atoms with Crippen LogP contribution in [0.5, 0.6) is 5.75 Å². The van der Waals surface area contributed by atoms with Crippen molar-refractivity contribution in [1.82, 2.24) is 0 Å².